The SMILES string of the molecule is COc1ccccc1Oc1ccc(NC(C)(C)C)cc1. The van der Waals surface area contributed by atoms with Crippen LogP contribution in [-0.4, -0.2) is 12.6 Å². The van der Waals surface area contributed by atoms with Crippen molar-refractivity contribution in [3.63, 3.8) is 0 Å². The van der Waals surface area contributed by atoms with E-state index in [0.29, 0.717) is 5.75 Å². The van der Waals surface area contributed by atoms with Crippen LogP contribution >= 0.6 is 0 Å². The van der Waals surface area contributed by atoms with E-state index in [4.69, 9.17) is 9.47 Å². The molecule has 0 unspecified atom stereocenters. The number of nitrogens with one attached hydrogen (secondary N) is 1. The molecule has 0 spiro atoms. The molecule has 0 aliphatic heterocycles. The third-order valence-electron chi connectivity index (χ3n) is 2.67. The summed E-state index contributed by atoms with van der Waals surface area (Å²) in [7, 11) is 1.64. The molecule has 0 heterocycles. The highest BCUT2D eigenvalue weighted by Crippen LogP contribution is 2.31. The van der Waals surface area contributed by atoms with Gasteiger partial charge in [0.15, 0.2) is 11.5 Å². The van der Waals surface area contributed by atoms with Crippen molar-refractivity contribution in [2.45, 2.75) is 26.3 Å². The van der Waals surface area contributed by atoms with Gasteiger partial charge in [-0.15, -0.1) is 0 Å². The summed E-state index contributed by atoms with van der Waals surface area (Å²) < 4.78 is 11.1. The lowest BCUT2D eigenvalue weighted by molar-refractivity contribution is 0.379. The zero-order valence-corrected chi connectivity index (χ0v) is 12.4. The van der Waals surface area contributed by atoms with Gasteiger partial charge in [-0.1, -0.05) is 12.1 Å². The average Bonchev–Trinajstić information content (AvgIpc) is 2.40. The normalized spacial score (nSPS) is 11.0. The van der Waals surface area contributed by atoms with Gasteiger partial charge < -0.3 is 14.8 Å². The maximum Gasteiger partial charge on any atom is 0.169 e. The highest BCUT2D eigenvalue weighted by atomic mass is 16.5. The van der Waals surface area contributed by atoms with E-state index in [-0.39, 0.29) is 5.54 Å². The molecule has 0 bridgehead atoms. The fourth-order valence-corrected chi connectivity index (χ4v) is 1.87. The Hall–Kier alpha value is -2.16. The summed E-state index contributed by atoms with van der Waals surface area (Å²) in [4.78, 5) is 0. The van der Waals surface area contributed by atoms with Crippen molar-refractivity contribution in [2.24, 2.45) is 0 Å². The van der Waals surface area contributed by atoms with Crippen molar-refractivity contribution in [2.75, 3.05) is 12.4 Å². The zero-order valence-electron chi connectivity index (χ0n) is 12.4. The third kappa shape index (κ3) is 3.92. The molecule has 0 atom stereocenters. The summed E-state index contributed by atoms with van der Waals surface area (Å²) in [5.41, 5.74) is 1.12. The summed E-state index contributed by atoms with van der Waals surface area (Å²) in [6, 6.07) is 15.5. The predicted molar refractivity (Wildman–Crippen MR) is 82.9 cm³/mol. The molecule has 3 nitrogen and oxygen atoms in total. The molecule has 0 saturated heterocycles. The Balaban J connectivity index is 2.11. The summed E-state index contributed by atoms with van der Waals surface area (Å²) in [5.74, 6) is 2.23. The van der Waals surface area contributed by atoms with Crippen molar-refractivity contribution in [1.82, 2.24) is 0 Å². The number of para-hydroxylation sites is 2. The standard InChI is InChI=1S/C17H21NO2/c1-17(2,3)18-13-9-11-14(12-10-13)20-16-8-6-5-7-15(16)19-4/h5-12,18H,1-4H3. The largest absolute Gasteiger partial charge is 0.493 e. The molecule has 0 aliphatic rings. The minimum Gasteiger partial charge on any atom is -0.493 e. The van der Waals surface area contributed by atoms with Gasteiger partial charge in [0.1, 0.15) is 5.75 Å². The fraction of sp³-hybridized carbons (Fsp3) is 0.294. The third-order valence-corrected chi connectivity index (χ3v) is 2.67. The Kier molecular flexibility index (Phi) is 4.18. The van der Waals surface area contributed by atoms with Crippen LogP contribution in [0.4, 0.5) is 5.69 Å². The zero-order chi connectivity index (χ0) is 14.6. The molecule has 0 radical (unpaired) electrons. The van der Waals surface area contributed by atoms with Gasteiger partial charge in [-0.25, -0.2) is 0 Å². The number of anilines is 1. The van der Waals surface area contributed by atoms with E-state index < -0.39 is 0 Å². The molecule has 0 saturated carbocycles. The van der Waals surface area contributed by atoms with Crippen LogP contribution < -0.4 is 14.8 Å². The predicted octanol–water partition coefficient (Wildman–Crippen LogP) is 4.70. The van der Waals surface area contributed by atoms with Crippen molar-refractivity contribution in [3.8, 4) is 17.2 Å². The summed E-state index contributed by atoms with van der Waals surface area (Å²) >= 11 is 0. The monoisotopic (exact) mass is 271 g/mol. The fourth-order valence-electron chi connectivity index (χ4n) is 1.87. The number of hydrogen-bond donors (Lipinski definition) is 1. The number of hydrogen-bond acceptors (Lipinski definition) is 3. The maximum absolute atomic E-state index is 5.83. The van der Waals surface area contributed by atoms with Crippen LogP contribution in [0, 0.1) is 0 Å². The molecular weight excluding hydrogens is 250 g/mol. The first-order chi connectivity index (χ1) is 9.48. The first-order valence-electron chi connectivity index (χ1n) is 6.67. The molecule has 0 aliphatic carbocycles. The molecule has 0 aromatic heterocycles. The smallest absolute Gasteiger partial charge is 0.169 e. The lowest BCUT2D eigenvalue weighted by Crippen LogP contribution is -2.25. The van der Waals surface area contributed by atoms with Crippen LogP contribution in [0.1, 0.15) is 20.8 Å². The Morgan fingerprint density at radius 3 is 2.00 bits per heavy atom. The average molecular weight is 271 g/mol. The number of methoxy groups -OCH3 is 1. The molecule has 2 rings (SSSR count). The van der Waals surface area contributed by atoms with Gasteiger partial charge in [-0.3, -0.25) is 0 Å². The van der Waals surface area contributed by atoms with Crippen LogP contribution in [0.3, 0.4) is 0 Å². The van der Waals surface area contributed by atoms with E-state index in [1.807, 2.05) is 48.5 Å². The van der Waals surface area contributed by atoms with E-state index in [2.05, 4.69) is 26.1 Å². The summed E-state index contributed by atoms with van der Waals surface area (Å²) in [6.45, 7) is 6.39. The molecule has 20 heavy (non-hydrogen) atoms. The first kappa shape index (κ1) is 14.3. The molecule has 1 N–H and O–H groups in total. The van der Waals surface area contributed by atoms with Gasteiger partial charge in [0.05, 0.1) is 7.11 Å². The van der Waals surface area contributed by atoms with E-state index >= 15 is 0 Å². The molecule has 106 valence electrons. The van der Waals surface area contributed by atoms with Crippen LogP contribution in [0.5, 0.6) is 17.2 Å². The lowest BCUT2D eigenvalue weighted by atomic mass is 10.1. The number of ether oxygens (including phenoxy) is 2. The minimum atomic E-state index is 0.0467. The van der Waals surface area contributed by atoms with Gasteiger partial charge in [-0.05, 0) is 57.2 Å². The van der Waals surface area contributed by atoms with Crippen LogP contribution in [0.2, 0.25) is 0 Å². The Bertz CT molecular complexity index is 556. The van der Waals surface area contributed by atoms with E-state index in [1.165, 1.54) is 0 Å². The van der Waals surface area contributed by atoms with Gasteiger partial charge in [0.25, 0.3) is 0 Å². The number of benzene rings is 2. The molecule has 3 heteroatoms. The van der Waals surface area contributed by atoms with Crippen LogP contribution in [0.15, 0.2) is 48.5 Å². The van der Waals surface area contributed by atoms with Crippen molar-refractivity contribution >= 4 is 5.69 Å². The molecule has 2 aromatic rings. The summed E-state index contributed by atoms with van der Waals surface area (Å²) in [5, 5.41) is 3.41. The topological polar surface area (TPSA) is 30.5 Å². The Morgan fingerprint density at radius 1 is 0.850 bits per heavy atom. The van der Waals surface area contributed by atoms with Gasteiger partial charge >= 0.3 is 0 Å². The second kappa shape index (κ2) is 5.87. The van der Waals surface area contributed by atoms with E-state index in [0.717, 1.165) is 17.2 Å². The second-order valence-corrected chi connectivity index (χ2v) is 5.65. The minimum absolute atomic E-state index is 0.0467. The van der Waals surface area contributed by atoms with Crippen LogP contribution in [-0.2, 0) is 0 Å². The number of rotatable bonds is 4. The van der Waals surface area contributed by atoms with Crippen molar-refractivity contribution < 1.29 is 9.47 Å². The van der Waals surface area contributed by atoms with Crippen molar-refractivity contribution in [3.05, 3.63) is 48.5 Å². The van der Waals surface area contributed by atoms with Gasteiger partial charge in [0.2, 0.25) is 0 Å². The van der Waals surface area contributed by atoms with Crippen LogP contribution in [0.25, 0.3) is 0 Å². The van der Waals surface area contributed by atoms with E-state index in [1.54, 1.807) is 7.11 Å². The van der Waals surface area contributed by atoms with E-state index in [9.17, 15) is 0 Å². The lowest BCUT2D eigenvalue weighted by Gasteiger charge is -2.22. The molecule has 0 amide bonds. The Morgan fingerprint density at radius 2 is 1.45 bits per heavy atom. The molecular formula is C17H21NO2. The molecule has 0 fully saturated rings. The first-order valence-corrected chi connectivity index (χ1v) is 6.67. The second-order valence-electron chi connectivity index (χ2n) is 5.65. The molecule has 2 aromatic carbocycles. The van der Waals surface area contributed by atoms with Gasteiger partial charge in [-0.2, -0.15) is 0 Å². The Labute approximate surface area is 120 Å². The summed E-state index contributed by atoms with van der Waals surface area (Å²) in [6.07, 6.45) is 0. The quantitative estimate of drug-likeness (QED) is 0.874. The van der Waals surface area contributed by atoms with Crippen molar-refractivity contribution in [1.29, 1.82) is 0 Å². The maximum atomic E-state index is 5.83. The highest BCUT2D eigenvalue weighted by molar-refractivity contribution is 5.49. The highest BCUT2D eigenvalue weighted by Gasteiger charge is 2.09. The van der Waals surface area contributed by atoms with Gasteiger partial charge in [0, 0.05) is 11.2 Å².